The number of hydrogen-bond donors (Lipinski definition) is 1. The maximum Gasteiger partial charge on any atom is 0.243 e. The third kappa shape index (κ3) is 4.99. The highest BCUT2D eigenvalue weighted by Gasteiger charge is 2.25. The van der Waals surface area contributed by atoms with Crippen LogP contribution in [-0.2, 0) is 14.8 Å². The Balaban J connectivity index is 2.84. The van der Waals surface area contributed by atoms with E-state index in [1.54, 1.807) is 19.1 Å². The molecule has 0 saturated heterocycles. The van der Waals surface area contributed by atoms with Crippen molar-refractivity contribution in [1.82, 2.24) is 9.62 Å². The zero-order chi connectivity index (χ0) is 16.8. The Kier molecular flexibility index (Phi) is 6.83. The van der Waals surface area contributed by atoms with E-state index < -0.39 is 10.0 Å². The molecule has 1 amide bonds. The second-order valence-electron chi connectivity index (χ2n) is 5.30. The first-order valence-corrected chi connectivity index (χ1v) is 8.66. The number of amides is 1. The smallest absolute Gasteiger partial charge is 0.243 e. The molecule has 1 rings (SSSR count). The van der Waals surface area contributed by atoms with Gasteiger partial charge in [0.25, 0.3) is 0 Å². The van der Waals surface area contributed by atoms with Gasteiger partial charge in [0, 0.05) is 13.1 Å². The highest BCUT2D eigenvalue weighted by Crippen LogP contribution is 2.19. The Labute approximate surface area is 132 Å². The number of benzene rings is 1. The number of nitrogens with zero attached hydrogens (tertiary/aromatic N) is 1. The Morgan fingerprint density at radius 2 is 1.86 bits per heavy atom. The molecule has 0 aromatic heterocycles. The van der Waals surface area contributed by atoms with Gasteiger partial charge in [-0.15, -0.1) is 0 Å². The normalized spacial score (nSPS) is 11.7. The van der Waals surface area contributed by atoms with E-state index in [1.807, 2.05) is 13.8 Å². The molecule has 1 N–H and O–H groups in total. The average molecular weight is 328 g/mol. The number of rotatable bonds is 8. The van der Waals surface area contributed by atoms with Gasteiger partial charge in [0.2, 0.25) is 15.9 Å². The molecule has 0 aliphatic carbocycles. The fraction of sp³-hybridized carbons (Fsp3) is 0.533. The molecule has 0 saturated carbocycles. The third-order valence-electron chi connectivity index (χ3n) is 3.08. The molecule has 0 spiro atoms. The van der Waals surface area contributed by atoms with Gasteiger partial charge >= 0.3 is 0 Å². The summed E-state index contributed by atoms with van der Waals surface area (Å²) in [5.74, 6) is 0.599. The van der Waals surface area contributed by atoms with Crippen LogP contribution in [0.5, 0.6) is 5.75 Å². The number of ether oxygens (including phenoxy) is 1. The van der Waals surface area contributed by atoms with Gasteiger partial charge in [0.15, 0.2) is 0 Å². The molecular weight excluding hydrogens is 304 g/mol. The van der Waals surface area contributed by atoms with Crippen LogP contribution in [0.15, 0.2) is 29.2 Å². The Hall–Kier alpha value is -1.60. The molecule has 1 aromatic rings. The van der Waals surface area contributed by atoms with E-state index in [0.29, 0.717) is 18.2 Å². The summed E-state index contributed by atoms with van der Waals surface area (Å²) in [6, 6.07) is 6.12. The number of hydrogen-bond acceptors (Lipinski definition) is 4. The average Bonchev–Trinajstić information content (AvgIpc) is 2.50. The second-order valence-corrected chi connectivity index (χ2v) is 7.24. The molecule has 0 unspecified atom stereocenters. The first-order valence-electron chi connectivity index (χ1n) is 7.22. The molecule has 0 bridgehead atoms. The molecule has 0 aliphatic rings. The molecule has 0 radical (unpaired) electrons. The number of nitrogens with one attached hydrogen (secondary N) is 1. The Morgan fingerprint density at radius 3 is 2.32 bits per heavy atom. The quantitative estimate of drug-likeness (QED) is 0.784. The molecule has 6 nitrogen and oxygen atoms in total. The number of sulfonamides is 1. The van der Waals surface area contributed by atoms with Crippen LogP contribution in [0.25, 0.3) is 0 Å². The minimum atomic E-state index is -3.69. The van der Waals surface area contributed by atoms with Gasteiger partial charge in [-0.25, -0.2) is 8.42 Å². The van der Waals surface area contributed by atoms with Gasteiger partial charge in [-0.2, -0.15) is 4.31 Å². The molecule has 124 valence electrons. The highest BCUT2D eigenvalue weighted by molar-refractivity contribution is 7.89. The minimum absolute atomic E-state index is 0.145. The zero-order valence-electron chi connectivity index (χ0n) is 13.5. The third-order valence-corrected chi connectivity index (χ3v) is 5.01. The van der Waals surface area contributed by atoms with Gasteiger partial charge in [-0.05, 0) is 30.2 Å². The van der Waals surface area contributed by atoms with Crippen LogP contribution in [0, 0.1) is 5.92 Å². The van der Waals surface area contributed by atoms with E-state index >= 15 is 0 Å². The number of carbonyl (C=O) groups is 1. The standard InChI is InChI=1S/C15H24N2O4S/c1-5-17(11-15(18)16-10-12(2)3)22(19,20)14-8-6-13(21-4)7-9-14/h6-9,12H,5,10-11H2,1-4H3,(H,16,18). The van der Waals surface area contributed by atoms with Crippen molar-refractivity contribution in [3.05, 3.63) is 24.3 Å². The largest absolute Gasteiger partial charge is 0.497 e. The number of carbonyl (C=O) groups excluding carboxylic acids is 1. The fourth-order valence-electron chi connectivity index (χ4n) is 1.80. The van der Waals surface area contributed by atoms with Gasteiger partial charge in [-0.3, -0.25) is 4.79 Å². The molecule has 0 heterocycles. The lowest BCUT2D eigenvalue weighted by atomic mass is 10.2. The summed E-state index contributed by atoms with van der Waals surface area (Å²) < 4.78 is 31.3. The lowest BCUT2D eigenvalue weighted by Gasteiger charge is -2.20. The van der Waals surface area contributed by atoms with Crippen molar-refractivity contribution in [2.75, 3.05) is 26.7 Å². The lowest BCUT2D eigenvalue weighted by molar-refractivity contribution is -0.121. The van der Waals surface area contributed by atoms with Gasteiger partial charge < -0.3 is 10.1 Å². The van der Waals surface area contributed by atoms with Crippen LogP contribution >= 0.6 is 0 Å². The highest BCUT2D eigenvalue weighted by atomic mass is 32.2. The van der Waals surface area contributed by atoms with Crippen LogP contribution in [-0.4, -0.2) is 45.4 Å². The van der Waals surface area contributed by atoms with Crippen molar-refractivity contribution in [2.45, 2.75) is 25.7 Å². The van der Waals surface area contributed by atoms with Crippen molar-refractivity contribution < 1.29 is 17.9 Å². The summed E-state index contributed by atoms with van der Waals surface area (Å²) in [6.07, 6.45) is 0. The van der Waals surface area contributed by atoms with Gasteiger partial charge in [-0.1, -0.05) is 20.8 Å². The SMILES string of the molecule is CCN(CC(=O)NCC(C)C)S(=O)(=O)c1ccc(OC)cc1. The Morgan fingerprint density at radius 1 is 1.27 bits per heavy atom. The van der Waals surface area contributed by atoms with Gasteiger partial charge in [0.05, 0.1) is 18.6 Å². The first kappa shape index (κ1) is 18.4. The maximum absolute atomic E-state index is 12.5. The topological polar surface area (TPSA) is 75.7 Å². The molecule has 0 atom stereocenters. The maximum atomic E-state index is 12.5. The van der Waals surface area contributed by atoms with E-state index in [9.17, 15) is 13.2 Å². The summed E-state index contributed by atoms with van der Waals surface area (Å²) in [4.78, 5) is 12.0. The summed E-state index contributed by atoms with van der Waals surface area (Å²) in [7, 11) is -2.18. The van der Waals surface area contributed by atoms with Crippen molar-refractivity contribution in [3.63, 3.8) is 0 Å². The summed E-state index contributed by atoms with van der Waals surface area (Å²) in [5, 5.41) is 2.72. The number of likely N-dealkylation sites (N-methyl/N-ethyl adjacent to an activating group) is 1. The van der Waals surface area contributed by atoms with E-state index in [0.717, 1.165) is 4.31 Å². The zero-order valence-corrected chi connectivity index (χ0v) is 14.3. The van der Waals surface area contributed by atoms with E-state index in [1.165, 1.54) is 19.2 Å². The summed E-state index contributed by atoms with van der Waals surface area (Å²) >= 11 is 0. The summed E-state index contributed by atoms with van der Waals surface area (Å²) in [5.41, 5.74) is 0. The van der Waals surface area contributed by atoms with Crippen molar-refractivity contribution >= 4 is 15.9 Å². The van der Waals surface area contributed by atoms with Crippen LogP contribution in [0.3, 0.4) is 0 Å². The van der Waals surface area contributed by atoms with E-state index in [2.05, 4.69) is 5.32 Å². The van der Waals surface area contributed by atoms with Crippen LogP contribution < -0.4 is 10.1 Å². The first-order chi connectivity index (χ1) is 10.3. The molecular formula is C15H24N2O4S. The molecule has 1 aromatic carbocycles. The number of methoxy groups -OCH3 is 1. The van der Waals surface area contributed by atoms with Crippen LogP contribution in [0.1, 0.15) is 20.8 Å². The van der Waals surface area contributed by atoms with Crippen molar-refractivity contribution in [1.29, 1.82) is 0 Å². The fourth-order valence-corrected chi connectivity index (χ4v) is 3.20. The van der Waals surface area contributed by atoms with E-state index in [4.69, 9.17) is 4.74 Å². The van der Waals surface area contributed by atoms with Crippen molar-refractivity contribution in [3.8, 4) is 5.75 Å². The minimum Gasteiger partial charge on any atom is -0.497 e. The molecule has 7 heteroatoms. The predicted molar refractivity (Wildman–Crippen MR) is 85.3 cm³/mol. The second kappa shape index (κ2) is 8.14. The summed E-state index contributed by atoms with van der Waals surface area (Å²) in [6.45, 7) is 6.23. The Bertz CT molecular complexity index is 582. The molecule has 0 aliphatic heterocycles. The monoisotopic (exact) mass is 328 g/mol. The van der Waals surface area contributed by atoms with Gasteiger partial charge in [0.1, 0.15) is 5.75 Å². The molecule has 0 fully saturated rings. The van der Waals surface area contributed by atoms with Crippen molar-refractivity contribution in [2.24, 2.45) is 5.92 Å². The van der Waals surface area contributed by atoms with E-state index in [-0.39, 0.29) is 23.9 Å². The predicted octanol–water partition coefficient (Wildman–Crippen LogP) is 1.48. The van der Waals surface area contributed by atoms with Crippen LogP contribution in [0.4, 0.5) is 0 Å². The molecule has 22 heavy (non-hydrogen) atoms. The lowest BCUT2D eigenvalue weighted by Crippen LogP contribution is -2.41. The van der Waals surface area contributed by atoms with Crippen LogP contribution in [0.2, 0.25) is 0 Å².